The lowest BCUT2D eigenvalue weighted by molar-refractivity contribution is -0.128. The van der Waals surface area contributed by atoms with Crippen molar-refractivity contribution in [3.63, 3.8) is 0 Å². The van der Waals surface area contributed by atoms with E-state index in [0.29, 0.717) is 31.1 Å². The summed E-state index contributed by atoms with van der Waals surface area (Å²) in [5.41, 5.74) is 1.69. The summed E-state index contributed by atoms with van der Waals surface area (Å²) < 4.78 is 10.8. The van der Waals surface area contributed by atoms with E-state index in [2.05, 4.69) is 15.6 Å². The molecule has 160 valence electrons. The number of rotatable bonds is 8. The first-order chi connectivity index (χ1) is 12.7. The Hall–Kier alpha value is -1.71. The summed E-state index contributed by atoms with van der Waals surface area (Å²) in [6.45, 7) is 9.54. The first-order valence-electron chi connectivity index (χ1n) is 9.11. The number of aryl methyl sites for hydroxylation is 1. The number of methoxy groups -OCH3 is 2. The molecule has 1 aromatic carbocycles. The summed E-state index contributed by atoms with van der Waals surface area (Å²) in [4.78, 5) is 18.5. The van der Waals surface area contributed by atoms with Gasteiger partial charge in [0.25, 0.3) is 0 Å². The SMILES string of the molecule is CCNC(=O)C(C)(C)CNC(=NC)N(C)Cc1cc(OC)c(OC)cc1C.I. The fourth-order valence-corrected chi connectivity index (χ4v) is 2.69. The second kappa shape index (κ2) is 12.0. The molecule has 28 heavy (non-hydrogen) atoms. The Morgan fingerprint density at radius 1 is 1.18 bits per heavy atom. The molecule has 0 aliphatic carbocycles. The molecule has 0 bridgehead atoms. The van der Waals surface area contributed by atoms with E-state index in [1.54, 1.807) is 21.3 Å². The average molecular weight is 506 g/mol. The number of carbonyl (C=O) groups is 1. The number of guanidine groups is 1. The molecule has 0 radical (unpaired) electrons. The number of aliphatic imine (C=N–C) groups is 1. The summed E-state index contributed by atoms with van der Waals surface area (Å²) in [7, 11) is 6.96. The Balaban J connectivity index is 0.00000729. The van der Waals surface area contributed by atoms with Gasteiger partial charge in [-0.3, -0.25) is 9.79 Å². The molecule has 0 aliphatic heterocycles. The molecule has 0 aromatic heterocycles. The summed E-state index contributed by atoms with van der Waals surface area (Å²) in [5.74, 6) is 2.16. The largest absolute Gasteiger partial charge is 0.493 e. The summed E-state index contributed by atoms with van der Waals surface area (Å²) >= 11 is 0. The zero-order chi connectivity index (χ0) is 20.6. The normalized spacial score (nSPS) is 11.4. The van der Waals surface area contributed by atoms with Crippen LogP contribution in [0.4, 0.5) is 0 Å². The van der Waals surface area contributed by atoms with Gasteiger partial charge in [0, 0.05) is 33.7 Å². The minimum absolute atomic E-state index is 0. The van der Waals surface area contributed by atoms with Gasteiger partial charge in [0.05, 0.1) is 19.6 Å². The van der Waals surface area contributed by atoms with Crippen LogP contribution in [0.15, 0.2) is 17.1 Å². The van der Waals surface area contributed by atoms with Crippen LogP contribution in [0.1, 0.15) is 31.9 Å². The van der Waals surface area contributed by atoms with Gasteiger partial charge in [0.2, 0.25) is 5.91 Å². The highest BCUT2D eigenvalue weighted by atomic mass is 127. The first-order valence-corrected chi connectivity index (χ1v) is 9.11. The number of halogens is 1. The second-order valence-electron chi connectivity index (χ2n) is 7.13. The molecule has 0 atom stereocenters. The van der Waals surface area contributed by atoms with Gasteiger partial charge in [-0.05, 0) is 51.0 Å². The molecule has 7 nitrogen and oxygen atoms in total. The van der Waals surface area contributed by atoms with Crippen molar-refractivity contribution in [2.75, 3.05) is 41.4 Å². The third kappa shape index (κ3) is 7.03. The van der Waals surface area contributed by atoms with Crippen LogP contribution in [-0.4, -0.2) is 58.2 Å². The van der Waals surface area contributed by atoms with Gasteiger partial charge in [-0.15, -0.1) is 24.0 Å². The van der Waals surface area contributed by atoms with Crippen LogP contribution in [-0.2, 0) is 11.3 Å². The number of amides is 1. The van der Waals surface area contributed by atoms with Gasteiger partial charge in [-0.1, -0.05) is 0 Å². The molecular weight excluding hydrogens is 471 g/mol. The molecule has 0 fully saturated rings. The van der Waals surface area contributed by atoms with E-state index in [1.807, 2.05) is 51.8 Å². The predicted octanol–water partition coefficient (Wildman–Crippen LogP) is 2.80. The van der Waals surface area contributed by atoms with E-state index in [-0.39, 0.29) is 29.9 Å². The van der Waals surface area contributed by atoms with E-state index in [1.165, 1.54) is 0 Å². The highest BCUT2D eigenvalue weighted by molar-refractivity contribution is 14.0. The zero-order valence-electron chi connectivity index (χ0n) is 18.3. The predicted molar refractivity (Wildman–Crippen MR) is 125 cm³/mol. The Bertz CT molecular complexity index is 678. The lowest BCUT2D eigenvalue weighted by Crippen LogP contribution is -2.48. The van der Waals surface area contributed by atoms with E-state index >= 15 is 0 Å². The lowest BCUT2D eigenvalue weighted by Gasteiger charge is -2.28. The van der Waals surface area contributed by atoms with Gasteiger partial charge in [0.1, 0.15) is 0 Å². The van der Waals surface area contributed by atoms with Crippen LogP contribution in [0.25, 0.3) is 0 Å². The molecule has 1 aromatic rings. The number of hydrogen-bond donors (Lipinski definition) is 2. The van der Waals surface area contributed by atoms with Crippen LogP contribution in [0.3, 0.4) is 0 Å². The van der Waals surface area contributed by atoms with Gasteiger partial charge in [0.15, 0.2) is 17.5 Å². The Labute approximate surface area is 186 Å². The molecule has 8 heteroatoms. The van der Waals surface area contributed by atoms with Gasteiger partial charge < -0.3 is 25.0 Å². The van der Waals surface area contributed by atoms with E-state index < -0.39 is 5.41 Å². The van der Waals surface area contributed by atoms with Gasteiger partial charge in [-0.25, -0.2) is 0 Å². The van der Waals surface area contributed by atoms with Crippen LogP contribution < -0.4 is 20.1 Å². The molecule has 1 amide bonds. The monoisotopic (exact) mass is 506 g/mol. The first kappa shape index (κ1) is 26.3. The molecule has 0 unspecified atom stereocenters. The molecular formula is C20H35IN4O3. The second-order valence-corrected chi connectivity index (χ2v) is 7.13. The fourth-order valence-electron chi connectivity index (χ4n) is 2.69. The number of carbonyl (C=O) groups excluding carboxylic acids is 1. The number of hydrogen-bond acceptors (Lipinski definition) is 4. The standard InChI is InChI=1S/C20H34N4O3.HI/c1-9-22-18(25)20(3,4)13-23-19(21-5)24(6)12-15-11-17(27-8)16(26-7)10-14(15)2;/h10-11H,9,12-13H2,1-8H3,(H,21,23)(H,22,25);1H. The number of benzene rings is 1. The minimum atomic E-state index is -0.536. The van der Waals surface area contributed by atoms with Crippen LogP contribution in [0, 0.1) is 12.3 Å². The smallest absolute Gasteiger partial charge is 0.227 e. The van der Waals surface area contributed by atoms with Crippen LogP contribution in [0.5, 0.6) is 11.5 Å². The van der Waals surface area contributed by atoms with Crippen molar-refractivity contribution in [2.45, 2.75) is 34.2 Å². The van der Waals surface area contributed by atoms with Crippen molar-refractivity contribution in [1.29, 1.82) is 0 Å². The number of nitrogens with one attached hydrogen (secondary N) is 2. The maximum atomic E-state index is 12.2. The quantitative estimate of drug-likeness (QED) is 0.322. The Morgan fingerprint density at radius 3 is 2.25 bits per heavy atom. The molecule has 0 aliphatic rings. The third-order valence-electron chi connectivity index (χ3n) is 4.46. The molecule has 0 saturated heterocycles. The summed E-state index contributed by atoms with van der Waals surface area (Å²) in [6, 6.07) is 3.95. The van der Waals surface area contributed by atoms with Crippen molar-refractivity contribution < 1.29 is 14.3 Å². The molecule has 1 rings (SSSR count). The van der Waals surface area contributed by atoms with Crippen LogP contribution >= 0.6 is 24.0 Å². The fraction of sp³-hybridized carbons (Fsp3) is 0.600. The highest BCUT2D eigenvalue weighted by Crippen LogP contribution is 2.30. The number of ether oxygens (including phenoxy) is 2. The molecule has 0 heterocycles. The van der Waals surface area contributed by atoms with Crippen molar-refractivity contribution in [3.05, 3.63) is 23.3 Å². The molecule has 0 saturated carbocycles. The van der Waals surface area contributed by atoms with Crippen molar-refractivity contribution in [2.24, 2.45) is 10.4 Å². The van der Waals surface area contributed by atoms with E-state index in [9.17, 15) is 4.79 Å². The average Bonchev–Trinajstić information content (AvgIpc) is 2.63. The Kier molecular flexibility index (Phi) is 11.2. The van der Waals surface area contributed by atoms with Crippen LogP contribution in [0.2, 0.25) is 0 Å². The van der Waals surface area contributed by atoms with Gasteiger partial charge >= 0.3 is 0 Å². The van der Waals surface area contributed by atoms with Crippen molar-refractivity contribution in [3.8, 4) is 11.5 Å². The van der Waals surface area contributed by atoms with E-state index in [0.717, 1.165) is 17.1 Å². The Morgan fingerprint density at radius 2 is 1.75 bits per heavy atom. The summed E-state index contributed by atoms with van der Waals surface area (Å²) in [5, 5.41) is 6.17. The molecule has 2 N–H and O–H groups in total. The molecule has 0 spiro atoms. The van der Waals surface area contributed by atoms with Crippen molar-refractivity contribution in [1.82, 2.24) is 15.5 Å². The maximum absolute atomic E-state index is 12.2. The lowest BCUT2D eigenvalue weighted by atomic mass is 9.92. The minimum Gasteiger partial charge on any atom is -0.493 e. The zero-order valence-corrected chi connectivity index (χ0v) is 20.6. The topological polar surface area (TPSA) is 75.2 Å². The summed E-state index contributed by atoms with van der Waals surface area (Å²) in [6.07, 6.45) is 0. The van der Waals surface area contributed by atoms with E-state index in [4.69, 9.17) is 9.47 Å². The third-order valence-corrected chi connectivity index (χ3v) is 4.46. The highest BCUT2D eigenvalue weighted by Gasteiger charge is 2.27. The van der Waals surface area contributed by atoms with Gasteiger partial charge in [-0.2, -0.15) is 0 Å². The van der Waals surface area contributed by atoms with Crippen molar-refractivity contribution >= 4 is 35.8 Å². The maximum Gasteiger partial charge on any atom is 0.227 e. The number of nitrogens with zero attached hydrogens (tertiary/aromatic N) is 2.